The highest BCUT2D eigenvalue weighted by atomic mass is 32.2. The molecule has 0 N–H and O–H groups in total. The van der Waals surface area contributed by atoms with E-state index in [1.54, 1.807) is 41.3 Å². The van der Waals surface area contributed by atoms with Crippen molar-refractivity contribution in [1.29, 1.82) is 0 Å². The van der Waals surface area contributed by atoms with E-state index in [0.717, 1.165) is 6.42 Å². The van der Waals surface area contributed by atoms with Crippen LogP contribution in [0, 0.1) is 0 Å². The van der Waals surface area contributed by atoms with Gasteiger partial charge in [0.2, 0.25) is 5.91 Å². The Bertz CT molecular complexity index is 637. The lowest BCUT2D eigenvalue weighted by Crippen LogP contribution is -2.48. The number of carbonyl (C=O) groups excluding carboxylic acids is 1. The van der Waals surface area contributed by atoms with Crippen molar-refractivity contribution in [2.75, 3.05) is 6.54 Å². The molecule has 23 heavy (non-hydrogen) atoms. The van der Waals surface area contributed by atoms with Gasteiger partial charge >= 0.3 is 0 Å². The molecule has 0 saturated heterocycles. The number of hydrogen-bond acceptors (Lipinski definition) is 3. The maximum Gasteiger partial charge on any atom is 0.220 e. The summed E-state index contributed by atoms with van der Waals surface area (Å²) in [5.41, 5.74) is 0. The highest BCUT2D eigenvalue weighted by Crippen LogP contribution is 2.25. The van der Waals surface area contributed by atoms with Crippen molar-refractivity contribution in [3.63, 3.8) is 0 Å². The third kappa shape index (κ3) is 4.55. The largest absolute Gasteiger partial charge is 0.335 e. The summed E-state index contributed by atoms with van der Waals surface area (Å²) in [5.74, 6) is -0.168. The Morgan fingerprint density at radius 1 is 1.26 bits per heavy atom. The third-order valence-corrected chi connectivity index (χ3v) is 5.91. The molecule has 0 spiro atoms. The van der Waals surface area contributed by atoms with E-state index in [2.05, 4.69) is 13.2 Å². The van der Waals surface area contributed by atoms with Crippen molar-refractivity contribution in [2.24, 2.45) is 0 Å². The fourth-order valence-corrected chi connectivity index (χ4v) is 4.49. The quantitative estimate of drug-likeness (QED) is 0.651. The first-order valence-electron chi connectivity index (χ1n) is 7.69. The van der Waals surface area contributed by atoms with Crippen LogP contribution in [-0.4, -0.2) is 37.1 Å². The Balaban J connectivity index is 3.33. The summed E-state index contributed by atoms with van der Waals surface area (Å²) in [7, 11) is -3.62. The molecule has 0 saturated carbocycles. The van der Waals surface area contributed by atoms with Gasteiger partial charge in [0.05, 0.1) is 10.9 Å². The normalized spacial score (nSPS) is 13.8. The average Bonchev–Trinajstić information content (AvgIpc) is 2.53. The number of sulfone groups is 1. The Morgan fingerprint density at radius 3 is 2.30 bits per heavy atom. The molecule has 0 heterocycles. The van der Waals surface area contributed by atoms with E-state index in [-0.39, 0.29) is 10.8 Å². The molecule has 1 rings (SSSR count). The van der Waals surface area contributed by atoms with Gasteiger partial charge in [-0.05, 0) is 18.6 Å². The molecule has 0 unspecified atom stereocenters. The maximum absolute atomic E-state index is 13.0. The van der Waals surface area contributed by atoms with Gasteiger partial charge in [0.25, 0.3) is 0 Å². The summed E-state index contributed by atoms with van der Waals surface area (Å²) in [6, 6.07) is 7.83. The Labute approximate surface area is 139 Å². The van der Waals surface area contributed by atoms with Gasteiger partial charge in [0.15, 0.2) is 9.84 Å². The minimum absolute atomic E-state index is 0.168. The lowest BCUT2D eigenvalue weighted by atomic mass is 10.1. The third-order valence-electron chi connectivity index (χ3n) is 3.76. The van der Waals surface area contributed by atoms with Crippen LogP contribution in [0.15, 0.2) is 60.5 Å². The van der Waals surface area contributed by atoms with Crippen molar-refractivity contribution >= 4 is 15.7 Å². The van der Waals surface area contributed by atoms with Crippen LogP contribution >= 0.6 is 0 Å². The van der Waals surface area contributed by atoms with Gasteiger partial charge in [-0.15, -0.1) is 13.2 Å². The SMILES string of the molecule is C=CCN(C(C)=O)[C@H](CCC)[C@H](C=C)S(=O)(=O)c1ccccc1. The minimum Gasteiger partial charge on any atom is -0.335 e. The van der Waals surface area contributed by atoms with Crippen molar-refractivity contribution in [3.05, 3.63) is 55.6 Å². The van der Waals surface area contributed by atoms with Gasteiger partial charge in [-0.2, -0.15) is 0 Å². The van der Waals surface area contributed by atoms with Crippen molar-refractivity contribution in [1.82, 2.24) is 4.90 Å². The fourth-order valence-electron chi connectivity index (χ4n) is 2.69. The number of benzene rings is 1. The molecule has 0 radical (unpaired) electrons. The van der Waals surface area contributed by atoms with Crippen LogP contribution in [0.2, 0.25) is 0 Å². The molecule has 1 aromatic rings. The Morgan fingerprint density at radius 2 is 1.87 bits per heavy atom. The van der Waals surface area contributed by atoms with E-state index in [4.69, 9.17) is 0 Å². The van der Waals surface area contributed by atoms with Gasteiger partial charge in [-0.3, -0.25) is 4.79 Å². The summed E-state index contributed by atoms with van der Waals surface area (Å²) in [4.78, 5) is 13.8. The molecular weight excluding hydrogens is 310 g/mol. The minimum atomic E-state index is -3.62. The molecule has 0 aliphatic rings. The standard InChI is InChI=1S/C18H25NO3S/c1-5-11-17(19(14-6-2)15(4)20)18(7-3)23(21,22)16-12-9-8-10-13-16/h6-10,12-13,17-18H,2-3,5,11,14H2,1,4H3/t17-,18+/m1/s1. The molecule has 0 aliphatic heterocycles. The van der Waals surface area contributed by atoms with Gasteiger partial charge in [0.1, 0.15) is 5.25 Å². The summed E-state index contributed by atoms with van der Waals surface area (Å²) in [6.45, 7) is 11.1. The zero-order chi connectivity index (χ0) is 17.5. The monoisotopic (exact) mass is 335 g/mol. The summed E-state index contributed by atoms with van der Waals surface area (Å²) >= 11 is 0. The molecule has 0 bridgehead atoms. The zero-order valence-electron chi connectivity index (χ0n) is 13.8. The summed E-state index contributed by atoms with van der Waals surface area (Å²) in [5, 5.41) is -0.853. The summed E-state index contributed by atoms with van der Waals surface area (Å²) in [6.07, 6.45) is 4.39. The zero-order valence-corrected chi connectivity index (χ0v) is 14.6. The number of hydrogen-bond donors (Lipinski definition) is 0. The number of amides is 1. The van der Waals surface area contributed by atoms with Gasteiger partial charge in [0, 0.05) is 13.5 Å². The lowest BCUT2D eigenvalue weighted by Gasteiger charge is -2.34. The molecule has 0 aromatic heterocycles. The topological polar surface area (TPSA) is 54.5 Å². The van der Waals surface area contributed by atoms with Crippen LogP contribution in [0.25, 0.3) is 0 Å². The van der Waals surface area contributed by atoms with Crippen LogP contribution in [0.1, 0.15) is 26.7 Å². The van der Waals surface area contributed by atoms with Crippen LogP contribution in [-0.2, 0) is 14.6 Å². The molecule has 0 aliphatic carbocycles. The number of rotatable bonds is 9. The second-order valence-corrected chi connectivity index (χ2v) is 7.48. The lowest BCUT2D eigenvalue weighted by molar-refractivity contribution is -0.130. The predicted molar refractivity (Wildman–Crippen MR) is 93.9 cm³/mol. The smallest absolute Gasteiger partial charge is 0.220 e. The van der Waals surface area contributed by atoms with E-state index in [0.29, 0.717) is 13.0 Å². The van der Waals surface area contributed by atoms with E-state index in [1.807, 2.05) is 6.92 Å². The van der Waals surface area contributed by atoms with Gasteiger partial charge in [-0.1, -0.05) is 43.7 Å². The van der Waals surface area contributed by atoms with Crippen LogP contribution in [0.4, 0.5) is 0 Å². The Kier molecular flexibility index (Phi) is 7.23. The highest BCUT2D eigenvalue weighted by Gasteiger charge is 2.36. The van der Waals surface area contributed by atoms with Gasteiger partial charge in [-0.25, -0.2) is 8.42 Å². The van der Waals surface area contributed by atoms with E-state index >= 15 is 0 Å². The Hall–Kier alpha value is -1.88. The molecule has 5 heteroatoms. The fraction of sp³-hybridized carbons (Fsp3) is 0.389. The predicted octanol–water partition coefficient (Wildman–Crippen LogP) is 3.22. The molecular formula is C18H25NO3S. The summed E-state index contributed by atoms with van der Waals surface area (Å²) < 4.78 is 26.0. The van der Waals surface area contributed by atoms with Crippen LogP contribution < -0.4 is 0 Å². The average molecular weight is 335 g/mol. The first-order valence-corrected chi connectivity index (χ1v) is 9.24. The molecule has 1 amide bonds. The molecule has 0 fully saturated rings. The van der Waals surface area contributed by atoms with Crippen LogP contribution in [0.5, 0.6) is 0 Å². The van der Waals surface area contributed by atoms with E-state index in [9.17, 15) is 13.2 Å². The molecule has 4 nitrogen and oxygen atoms in total. The van der Waals surface area contributed by atoms with Gasteiger partial charge < -0.3 is 4.90 Å². The first-order chi connectivity index (χ1) is 10.9. The van der Waals surface area contributed by atoms with E-state index in [1.165, 1.54) is 13.0 Å². The van der Waals surface area contributed by atoms with Crippen LogP contribution in [0.3, 0.4) is 0 Å². The molecule has 2 atom stereocenters. The second-order valence-electron chi connectivity index (χ2n) is 5.37. The van der Waals surface area contributed by atoms with E-state index < -0.39 is 21.1 Å². The van der Waals surface area contributed by atoms with Crippen molar-refractivity contribution < 1.29 is 13.2 Å². The molecule has 1 aromatic carbocycles. The number of nitrogens with zero attached hydrogens (tertiary/aromatic N) is 1. The van der Waals surface area contributed by atoms with Crippen molar-refractivity contribution in [2.45, 2.75) is 42.9 Å². The number of carbonyl (C=O) groups is 1. The van der Waals surface area contributed by atoms with Crippen molar-refractivity contribution in [3.8, 4) is 0 Å². The maximum atomic E-state index is 13.0. The molecule has 126 valence electrons. The first kappa shape index (κ1) is 19.2. The highest BCUT2D eigenvalue weighted by molar-refractivity contribution is 7.92. The second kappa shape index (κ2) is 8.67.